The van der Waals surface area contributed by atoms with Crippen molar-refractivity contribution < 1.29 is 9.15 Å². The van der Waals surface area contributed by atoms with Crippen molar-refractivity contribution in [1.82, 2.24) is 0 Å². The molecule has 0 radical (unpaired) electrons. The van der Waals surface area contributed by atoms with Crippen molar-refractivity contribution in [3.05, 3.63) is 138 Å². The van der Waals surface area contributed by atoms with Gasteiger partial charge in [-0.1, -0.05) is 111 Å². The highest BCUT2D eigenvalue weighted by atomic mass is 16.5. The molecule has 2 fully saturated rings. The molecule has 3 aliphatic heterocycles. The molecule has 2 unspecified atom stereocenters. The van der Waals surface area contributed by atoms with Gasteiger partial charge in [0, 0.05) is 28.1 Å². The summed E-state index contributed by atoms with van der Waals surface area (Å²) < 4.78 is 15.1. The molecular weight excluding hydrogens is 635 g/mol. The molecule has 5 aromatic rings. The van der Waals surface area contributed by atoms with Crippen LogP contribution in [0.3, 0.4) is 0 Å². The molecule has 2 saturated carbocycles. The predicted molar refractivity (Wildman–Crippen MR) is 214 cm³/mol. The number of hydrogen-bond donors (Lipinski definition) is 0. The molecule has 5 heteroatoms. The Morgan fingerprint density at radius 2 is 1.31 bits per heavy atom. The smallest absolute Gasteiger partial charge is 0.340 e. The molecule has 0 N–H and O–H groups in total. The van der Waals surface area contributed by atoms with Gasteiger partial charge in [0.2, 0.25) is 0 Å². The zero-order valence-electron chi connectivity index (χ0n) is 30.1. The molecule has 258 valence electrons. The Morgan fingerprint density at radius 1 is 0.673 bits per heavy atom. The molecular formula is C47H45BN2O2. The van der Waals surface area contributed by atoms with Crippen LogP contribution in [0.2, 0.25) is 0 Å². The fraction of sp³-hybridized carbons (Fsp3) is 0.319. The van der Waals surface area contributed by atoms with E-state index in [0.29, 0.717) is 11.8 Å². The second-order valence-electron chi connectivity index (χ2n) is 16.2. The maximum Gasteiger partial charge on any atom is 0.340 e. The number of furan rings is 1. The number of hydrogen-bond acceptors (Lipinski definition) is 4. The van der Waals surface area contributed by atoms with E-state index in [0.717, 1.165) is 34.0 Å². The van der Waals surface area contributed by atoms with E-state index in [1.54, 1.807) is 0 Å². The van der Waals surface area contributed by atoms with Crippen molar-refractivity contribution >= 4 is 57.2 Å². The van der Waals surface area contributed by atoms with Gasteiger partial charge in [-0.3, -0.25) is 0 Å². The molecule has 1 aromatic heterocycles. The number of benzene rings is 4. The van der Waals surface area contributed by atoms with E-state index in [2.05, 4.69) is 132 Å². The summed E-state index contributed by atoms with van der Waals surface area (Å²) in [5, 5.41) is 1.20. The van der Waals surface area contributed by atoms with Crippen molar-refractivity contribution in [2.45, 2.75) is 83.2 Å². The highest BCUT2D eigenvalue weighted by Crippen LogP contribution is 2.58. The summed E-state index contributed by atoms with van der Waals surface area (Å²) in [4.78, 5) is 5.01. The highest BCUT2D eigenvalue weighted by molar-refractivity contribution is 6.94. The van der Waals surface area contributed by atoms with Crippen molar-refractivity contribution in [2.75, 3.05) is 9.80 Å². The van der Waals surface area contributed by atoms with Gasteiger partial charge < -0.3 is 19.0 Å². The minimum Gasteiger partial charge on any atom is -0.496 e. The number of para-hydroxylation sites is 3. The van der Waals surface area contributed by atoms with E-state index >= 15 is 0 Å². The van der Waals surface area contributed by atoms with E-state index in [1.807, 2.05) is 0 Å². The first kappa shape index (κ1) is 30.7. The molecule has 11 rings (SSSR count). The maximum absolute atomic E-state index is 7.62. The number of rotatable bonds is 4. The van der Waals surface area contributed by atoms with Crippen LogP contribution in [-0.4, -0.2) is 12.8 Å². The van der Waals surface area contributed by atoms with Gasteiger partial charge in [-0.25, -0.2) is 0 Å². The van der Waals surface area contributed by atoms with Crippen LogP contribution < -0.4 is 20.9 Å². The number of fused-ring (bicyclic) bond motifs is 7. The van der Waals surface area contributed by atoms with Crippen molar-refractivity contribution in [2.24, 2.45) is 11.3 Å². The summed E-state index contributed by atoms with van der Waals surface area (Å²) in [5.74, 6) is 1.09. The predicted octanol–water partition coefficient (Wildman–Crippen LogP) is 11.3. The van der Waals surface area contributed by atoms with Gasteiger partial charge >= 0.3 is 6.71 Å². The van der Waals surface area contributed by atoms with Crippen LogP contribution in [0, 0.1) is 11.3 Å². The molecule has 0 spiro atoms. The van der Waals surface area contributed by atoms with Gasteiger partial charge in [-0.15, -0.1) is 0 Å². The second-order valence-corrected chi connectivity index (χ2v) is 16.2. The molecule has 4 nitrogen and oxygen atoms in total. The monoisotopic (exact) mass is 680 g/mol. The standard InChI is InChI=1S/C47H45BN2O2/c1-47-30-16-27-36(32-19-8-3-9-20-32)44(47)52-46-43(47)50(34-23-12-5-13-24-34)39-29-15-28-38-40(39)48(46)45-41(49(38)33-21-10-4-11-22-33)37-26-14-25-35(42(37)51-45)31-17-6-2-7-18-31/h4-5,10-16,21-32,44H,2-3,6-9,17-20H2,1H3. The minimum absolute atomic E-state index is 0.0487. The molecule has 0 amide bonds. The SMILES string of the molecule is CC12C=CC=C(C3CCCCC3)C1OC1=C2N(c2ccccc2)c2cccc3c2B1c1oc2c(C4CCCCC4)cccc2c1N3c1ccccc1. The zero-order chi connectivity index (χ0) is 34.4. The fourth-order valence-electron chi connectivity index (χ4n) is 10.9. The zero-order valence-corrected chi connectivity index (χ0v) is 30.1. The Hall–Kier alpha value is -4.90. The number of allylic oxidation sites excluding steroid dienone is 2. The minimum atomic E-state index is -0.337. The first-order chi connectivity index (χ1) is 25.7. The average molecular weight is 681 g/mol. The van der Waals surface area contributed by atoms with Crippen molar-refractivity contribution in [3.63, 3.8) is 0 Å². The first-order valence-corrected chi connectivity index (χ1v) is 19.9. The summed E-state index contributed by atoms with van der Waals surface area (Å²) in [6.45, 7) is 2.27. The number of nitrogens with zero attached hydrogens (tertiary/aromatic N) is 2. The number of ether oxygens (including phenoxy) is 1. The van der Waals surface area contributed by atoms with E-state index in [-0.39, 0.29) is 18.2 Å². The summed E-state index contributed by atoms with van der Waals surface area (Å²) in [6, 6.07) is 35.7. The van der Waals surface area contributed by atoms with Gasteiger partial charge in [0.25, 0.3) is 0 Å². The van der Waals surface area contributed by atoms with Crippen LogP contribution in [0.25, 0.3) is 11.0 Å². The Labute approximate surface area is 307 Å². The van der Waals surface area contributed by atoms with Gasteiger partial charge in [-0.2, -0.15) is 0 Å². The van der Waals surface area contributed by atoms with Gasteiger partial charge in [0.1, 0.15) is 17.3 Å². The quantitative estimate of drug-likeness (QED) is 0.177. The lowest BCUT2D eigenvalue weighted by Gasteiger charge is -2.44. The summed E-state index contributed by atoms with van der Waals surface area (Å²) >= 11 is 0. The topological polar surface area (TPSA) is 28.9 Å². The van der Waals surface area contributed by atoms with Crippen LogP contribution in [0.5, 0.6) is 0 Å². The third-order valence-corrected chi connectivity index (χ3v) is 13.3. The molecule has 6 aliphatic rings. The molecule has 4 aromatic carbocycles. The fourth-order valence-corrected chi connectivity index (χ4v) is 10.9. The Balaban J connectivity index is 1.19. The van der Waals surface area contributed by atoms with Gasteiger partial charge in [0.15, 0.2) is 0 Å². The second kappa shape index (κ2) is 11.8. The highest BCUT2D eigenvalue weighted by Gasteiger charge is 2.59. The largest absolute Gasteiger partial charge is 0.496 e. The van der Waals surface area contributed by atoms with Crippen LogP contribution >= 0.6 is 0 Å². The average Bonchev–Trinajstić information content (AvgIpc) is 3.75. The third-order valence-electron chi connectivity index (χ3n) is 13.3. The lowest BCUT2D eigenvalue weighted by Crippen LogP contribution is -2.55. The molecule has 52 heavy (non-hydrogen) atoms. The normalized spacial score (nSPS) is 24.0. The molecule has 0 bridgehead atoms. The Morgan fingerprint density at radius 3 is 2.02 bits per heavy atom. The maximum atomic E-state index is 7.62. The molecule has 2 atom stereocenters. The molecule has 0 saturated heterocycles. The van der Waals surface area contributed by atoms with Gasteiger partial charge in [0.05, 0.1) is 22.5 Å². The summed E-state index contributed by atoms with van der Waals surface area (Å²) in [7, 11) is 0. The lowest BCUT2D eigenvalue weighted by atomic mass is 9.37. The number of anilines is 5. The van der Waals surface area contributed by atoms with E-state index in [1.165, 1.54) is 103 Å². The third kappa shape index (κ3) is 4.34. The van der Waals surface area contributed by atoms with Crippen LogP contribution in [0.15, 0.2) is 137 Å². The van der Waals surface area contributed by atoms with Crippen LogP contribution in [-0.2, 0) is 4.74 Å². The van der Waals surface area contributed by atoms with E-state index < -0.39 is 0 Å². The molecule has 4 heterocycles. The Kier molecular flexibility index (Phi) is 6.98. The van der Waals surface area contributed by atoms with Crippen molar-refractivity contribution in [1.29, 1.82) is 0 Å². The van der Waals surface area contributed by atoms with Crippen molar-refractivity contribution in [3.8, 4) is 0 Å². The van der Waals surface area contributed by atoms with Crippen LogP contribution in [0.1, 0.15) is 82.6 Å². The lowest BCUT2D eigenvalue weighted by molar-refractivity contribution is 0.115. The summed E-state index contributed by atoms with van der Waals surface area (Å²) in [5.41, 5.74) is 14.0. The van der Waals surface area contributed by atoms with E-state index in [9.17, 15) is 0 Å². The van der Waals surface area contributed by atoms with E-state index in [4.69, 9.17) is 9.15 Å². The summed E-state index contributed by atoms with van der Waals surface area (Å²) in [6.07, 6.45) is 19.9. The Bertz CT molecular complexity index is 2290. The van der Waals surface area contributed by atoms with Crippen LogP contribution in [0.4, 0.5) is 28.4 Å². The first-order valence-electron chi connectivity index (χ1n) is 19.9. The van der Waals surface area contributed by atoms with Gasteiger partial charge in [-0.05, 0) is 104 Å². The molecule has 3 aliphatic carbocycles.